The lowest BCUT2D eigenvalue weighted by Crippen LogP contribution is -2.42. The number of anilines is 2. The second-order valence-electron chi connectivity index (χ2n) is 7.27. The summed E-state index contributed by atoms with van der Waals surface area (Å²) in [5.41, 5.74) is 2.03. The number of thiophene rings is 1. The first-order valence-corrected chi connectivity index (χ1v) is 9.97. The molecule has 2 bridgehead atoms. The zero-order valence-electron chi connectivity index (χ0n) is 15.2. The SMILES string of the molecule is Cc1cc(NC(=O)[C@@H]2[C@@H](C(=O)[O-])[C@H]3C=C[C@@H]2C3)ccc1NC(=O)c1cccs1. The maximum atomic E-state index is 12.7. The van der Waals surface area contributed by atoms with Gasteiger partial charge >= 0.3 is 0 Å². The molecule has 0 saturated heterocycles. The number of nitrogens with one attached hydrogen (secondary N) is 2. The number of benzene rings is 1. The van der Waals surface area contributed by atoms with E-state index in [4.69, 9.17) is 0 Å². The van der Waals surface area contributed by atoms with Crippen LogP contribution in [0.25, 0.3) is 0 Å². The van der Waals surface area contributed by atoms with Gasteiger partial charge in [0.15, 0.2) is 0 Å². The quantitative estimate of drug-likeness (QED) is 0.760. The summed E-state index contributed by atoms with van der Waals surface area (Å²) in [5.74, 6) is -3.22. The van der Waals surface area contributed by atoms with Crippen LogP contribution < -0.4 is 15.7 Å². The van der Waals surface area contributed by atoms with Gasteiger partial charge in [-0.15, -0.1) is 11.3 Å². The Bertz CT molecular complexity index is 967. The molecule has 1 saturated carbocycles. The van der Waals surface area contributed by atoms with E-state index in [-0.39, 0.29) is 23.7 Å². The fraction of sp³-hybridized carbons (Fsp3) is 0.286. The summed E-state index contributed by atoms with van der Waals surface area (Å²) >= 11 is 1.36. The molecule has 4 atom stereocenters. The Hall–Kier alpha value is -2.93. The van der Waals surface area contributed by atoms with Crippen LogP contribution in [-0.4, -0.2) is 17.8 Å². The van der Waals surface area contributed by atoms with Crippen LogP contribution in [0, 0.1) is 30.6 Å². The molecule has 144 valence electrons. The largest absolute Gasteiger partial charge is 0.550 e. The Balaban J connectivity index is 1.46. The average Bonchev–Trinajstić information content (AvgIpc) is 3.40. The Kier molecular flexibility index (Phi) is 4.77. The lowest BCUT2D eigenvalue weighted by atomic mass is 9.82. The highest BCUT2D eigenvalue weighted by Gasteiger charge is 2.48. The third-order valence-corrected chi connectivity index (χ3v) is 6.39. The predicted molar refractivity (Wildman–Crippen MR) is 105 cm³/mol. The second-order valence-corrected chi connectivity index (χ2v) is 8.22. The van der Waals surface area contributed by atoms with Crippen LogP contribution in [0.4, 0.5) is 11.4 Å². The first kappa shape index (κ1) is 18.4. The number of hydrogen-bond acceptors (Lipinski definition) is 5. The van der Waals surface area contributed by atoms with Crippen LogP contribution in [-0.2, 0) is 9.59 Å². The molecular formula is C21H19N2O4S-. The normalized spacial score (nSPS) is 24.9. The number of aryl methyl sites for hydroxylation is 1. The van der Waals surface area contributed by atoms with Gasteiger partial charge in [0.05, 0.1) is 10.8 Å². The van der Waals surface area contributed by atoms with Crippen LogP contribution >= 0.6 is 11.3 Å². The fourth-order valence-corrected chi connectivity index (χ4v) is 4.82. The van der Waals surface area contributed by atoms with Crippen LogP contribution in [0.5, 0.6) is 0 Å². The van der Waals surface area contributed by atoms with Crippen molar-refractivity contribution in [3.63, 3.8) is 0 Å². The van der Waals surface area contributed by atoms with E-state index >= 15 is 0 Å². The van der Waals surface area contributed by atoms with Gasteiger partial charge in [-0.25, -0.2) is 0 Å². The van der Waals surface area contributed by atoms with Crippen molar-refractivity contribution in [1.29, 1.82) is 0 Å². The van der Waals surface area contributed by atoms with E-state index in [0.717, 1.165) is 5.56 Å². The number of aliphatic carboxylic acids is 1. The Morgan fingerprint density at radius 2 is 1.82 bits per heavy atom. The maximum Gasteiger partial charge on any atom is 0.265 e. The van der Waals surface area contributed by atoms with E-state index < -0.39 is 17.8 Å². The van der Waals surface area contributed by atoms with Crippen LogP contribution in [0.2, 0.25) is 0 Å². The Labute approximate surface area is 166 Å². The topological polar surface area (TPSA) is 98.3 Å². The van der Waals surface area contributed by atoms with Crippen LogP contribution in [0.3, 0.4) is 0 Å². The lowest BCUT2D eigenvalue weighted by molar-refractivity contribution is -0.313. The molecule has 1 aromatic carbocycles. The summed E-state index contributed by atoms with van der Waals surface area (Å²) in [7, 11) is 0. The number of carboxylic acid groups (broad SMARTS) is 1. The molecule has 1 heterocycles. The van der Waals surface area contributed by atoms with Crippen molar-refractivity contribution < 1.29 is 19.5 Å². The molecular weight excluding hydrogens is 376 g/mol. The molecule has 2 N–H and O–H groups in total. The number of rotatable bonds is 5. The zero-order valence-corrected chi connectivity index (χ0v) is 16.0. The minimum absolute atomic E-state index is 0.0571. The highest BCUT2D eigenvalue weighted by Crippen LogP contribution is 2.48. The highest BCUT2D eigenvalue weighted by molar-refractivity contribution is 7.12. The first-order valence-electron chi connectivity index (χ1n) is 9.09. The standard InChI is InChI=1S/C21H20N2O4S/c1-11-9-14(6-7-15(11)23-19(24)16-3-2-8-28-16)22-20(25)17-12-4-5-13(10-12)18(17)21(26)27/h2-9,12-13,17-18H,10H2,1H3,(H,22,25)(H,23,24)(H,26,27)/p-1/t12-,13+,17+,18+/m1/s1. The Morgan fingerprint density at radius 1 is 1.07 bits per heavy atom. The van der Waals surface area contributed by atoms with E-state index in [2.05, 4.69) is 10.6 Å². The number of hydrogen-bond donors (Lipinski definition) is 2. The van der Waals surface area contributed by atoms with Crippen molar-refractivity contribution in [2.45, 2.75) is 13.3 Å². The van der Waals surface area contributed by atoms with Crippen molar-refractivity contribution >= 4 is 40.5 Å². The smallest absolute Gasteiger partial charge is 0.265 e. The molecule has 1 aromatic heterocycles. The van der Waals surface area contributed by atoms with E-state index in [9.17, 15) is 19.5 Å². The Morgan fingerprint density at radius 3 is 2.46 bits per heavy atom. The minimum atomic E-state index is -1.17. The van der Waals surface area contributed by atoms with Crippen molar-refractivity contribution in [2.75, 3.05) is 10.6 Å². The molecule has 6 nitrogen and oxygen atoms in total. The molecule has 0 spiro atoms. The first-order chi connectivity index (χ1) is 13.4. The molecule has 0 radical (unpaired) electrons. The third kappa shape index (κ3) is 3.33. The van der Waals surface area contributed by atoms with Gasteiger partial charge in [-0.2, -0.15) is 0 Å². The summed E-state index contributed by atoms with van der Waals surface area (Å²) in [5, 5.41) is 19.0. The molecule has 2 aromatic rings. The van der Waals surface area contributed by atoms with E-state index in [1.165, 1.54) is 11.3 Å². The molecule has 0 unspecified atom stereocenters. The van der Waals surface area contributed by atoms with Crippen LogP contribution in [0.1, 0.15) is 21.7 Å². The molecule has 1 fully saturated rings. The summed E-state index contributed by atoms with van der Waals surface area (Å²) in [6.07, 6.45) is 4.50. The molecule has 4 rings (SSSR count). The molecule has 7 heteroatoms. The second kappa shape index (κ2) is 7.24. The van der Waals surface area contributed by atoms with Gasteiger partial charge in [0.25, 0.3) is 5.91 Å². The molecule has 2 aliphatic rings. The lowest BCUT2D eigenvalue weighted by Gasteiger charge is -2.27. The van der Waals surface area contributed by atoms with Crippen molar-refractivity contribution in [3.8, 4) is 0 Å². The number of carbonyl (C=O) groups is 3. The number of carboxylic acids is 1. The van der Waals surface area contributed by atoms with Gasteiger partial charge in [-0.05, 0) is 60.4 Å². The van der Waals surface area contributed by atoms with Crippen molar-refractivity contribution in [3.05, 3.63) is 58.3 Å². The summed E-state index contributed by atoms with van der Waals surface area (Å²) in [4.78, 5) is 37.1. The van der Waals surface area contributed by atoms with Gasteiger partial charge in [0, 0.05) is 23.3 Å². The van der Waals surface area contributed by atoms with Gasteiger partial charge in [0.1, 0.15) is 0 Å². The van der Waals surface area contributed by atoms with E-state index in [1.807, 2.05) is 30.5 Å². The number of allylic oxidation sites excluding steroid dienone is 2. The van der Waals surface area contributed by atoms with Gasteiger partial charge in [0.2, 0.25) is 5.91 Å². The number of carbonyl (C=O) groups excluding carboxylic acids is 3. The number of amides is 2. The zero-order chi connectivity index (χ0) is 19.8. The van der Waals surface area contributed by atoms with Crippen molar-refractivity contribution in [2.24, 2.45) is 23.7 Å². The summed E-state index contributed by atoms with van der Waals surface area (Å²) in [6, 6.07) is 8.76. The van der Waals surface area contributed by atoms with Crippen molar-refractivity contribution in [1.82, 2.24) is 0 Å². The third-order valence-electron chi connectivity index (χ3n) is 5.52. The predicted octanol–water partition coefficient (Wildman–Crippen LogP) is 2.44. The average molecular weight is 395 g/mol. The summed E-state index contributed by atoms with van der Waals surface area (Å²) < 4.78 is 0. The monoisotopic (exact) mass is 395 g/mol. The molecule has 2 aliphatic carbocycles. The fourth-order valence-electron chi connectivity index (χ4n) is 4.20. The van der Waals surface area contributed by atoms with Gasteiger partial charge in [-0.1, -0.05) is 18.2 Å². The van der Waals surface area contributed by atoms with Crippen LogP contribution in [0.15, 0.2) is 47.9 Å². The van der Waals surface area contributed by atoms with E-state index in [1.54, 1.807) is 24.3 Å². The highest BCUT2D eigenvalue weighted by atomic mass is 32.1. The molecule has 0 aliphatic heterocycles. The minimum Gasteiger partial charge on any atom is -0.550 e. The van der Waals surface area contributed by atoms with Gasteiger partial charge in [-0.3, -0.25) is 9.59 Å². The van der Waals surface area contributed by atoms with Gasteiger partial charge < -0.3 is 20.5 Å². The van der Waals surface area contributed by atoms with E-state index in [0.29, 0.717) is 22.7 Å². The molecule has 28 heavy (non-hydrogen) atoms. The maximum absolute atomic E-state index is 12.7. The number of fused-ring (bicyclic) bond motifs is 2. The summed E-state index contributed by atoms with van der Waals surface area (Å²) in [6.45, 7) is 1.84. The molecule has 2 amide bonds.